The summed E-state index contributed by atoms with van der Waals surface area (Å²) in [6.07, 6.45) is 1.46. The number of carbonyl (C=O) groups excluding carboxylic acids is 1. The molecule has 2 aliphatic rings. The van der Waals surface area contributed by atoms with Gasteiger partial charge in [-0.15, -0.1) is 0 Å². The first-order valence-electron chi connectivity index (χ1n) is 11.4. The van der Waals surface area contributed by atoms with Crippen molar-refractivity contribution in [3.8, 4) is 11.4 Å². The van der Waals surface area contributed by atoms with Crippen LogP contribution >= 0.6 is 11.6 Å². The Morgan fingerprint density at radius 1 is 0.970 bits per heavy atom. The van der Waals surface area contributed by atoms with Gasteiger partial charge < -0.3 is 14.2 Å². The van der Waals surface area contributed by atoms with Gasteiger partial charge in [-0.3, -0.25) is 9.69 Å². The van der Waals surface area contributed by atoms with Crippen LogP contribution in [0, 0.1) is 0 Å². The second kappa shape index (κ2) is 9.63. The van der Waals surface area contributed by atoms with Gasteiger partial charge >= 0.3 is 0 Å². The lowest BCUT2D eigenvalue weighted by atomic mass is 9.73. The van der Waals surface area contributed by atoms with Gasteiger partial charge in [-0.25, -0.2) is 0 Å². The Labute approximate surface area is 198 Å². The highest BCUT2D eigenvalue weighted by atomic mass is 35.5. The number of hydrogen-bond donors (Lipinski definition) is 0. The van der Waals surface area contributed by atoms with Crippen molar-refractivity contribution in [2.24, 2.45) is 0 Å². The van der Waals surface area contributed by atoms with Crippen molar-refractivity contribution in [2.45, 2.75) is 24.8 Å². The number of nitrogens with zero attached hydrogens (tertiary/aromatic N) is 4. The van der Waals surface area contributed by atoms with Gasteiger partial charge in [-0.1, -0.05) is 47.1 Å². The first-order valence-corrected chi connectivity index (χ1v) is 11.8. The smallest absolute Gasteiger partial charge is 0.241 e. The SMILES string of the molecule is O=C(N1CCN(Cc2nc(-c3ccc(Cl)cc3)no2)CC1)C1(c2ccccc2)CCOCC1. The predicted octanol–water partition coefficient (Wildman–Crippen LogP) is 3.78. The minimum absolute atomic E-state index is 0.222. The summed E-state index contributed by atoms with van der Waals surface area (Å²) < 4.78 is 11.1. The van der Waals surface area contributed by atoms with E-state index in [2.05, 4.69) is 27.2 Å². The van der Waals surface area contributed by atoms with E-state index in [-0.39, 0.29) is 5.91 Å². The number of ether oxygens (including phenoxy) is 1. The van der Waals surface area contributed by atoms with E-state index in [1.165, 1.54) is 0 Å². The molecule has 2 aliphatic heterocycles. The van der Waals surface area contributed by atoms with Gasteiger partial charge in [0.05, 0.1) is 12.0 Å². The first-order chi connectivity index (χ1) is 16.1. The van der Waals surface area contributed by atoms with Gasteiger partial charge in [0.1, 0.15) is 0 Å². The number of amides is 1. The highest BCUT2D eigenvalue weighted by Crippen LogP contribution is 2.37. The number of aromatic nitrogens is 2. The highest BCUT2D eigenvalue weighted by Gasteiger charge is 2.44. The molecule has 33 heavy (non-hydrogen) atoms. The Kier molecular flexibility index (Phi) is 6.44. The third-order valence-electron chi connectivity index (χ3n) is 6.67. The lowest BCUT2D eigenvalue weighted by molar-refractivity contribution is -0.143. The van der Waals surface area contributed by atoms with Crippen molar-refractivity contribution in [1.29, 1.82) is 0 Å². The third-order valence-corrected chi connectivity index (χ3v) is 6.92. The van der Waals surface area contributed by atoms with E-state index >= 15 is 0 Å². The fraction of sp³-hybridized carbons (Fsp3) is 0.400. The van der Waals surface area contributed by atoms with Crippen molar-refractivity contribution in [2.75, 3.05) is 39.4 Å². The second-order valence-corrected chi connectivity index (χ2v) is 9.08. The summed E-state index contributed by atoms with van der Waals surface area (Å²) in [6.45, 7) is 4.72. The Bertz CT molecular complexity index is 1070. The zero-order chi connectivity index (χ0) is 22.7. The van der Waals surface area contributed by atoms with Crippen molar-refractivity contribution in [1.82, 2.24) is 19.9 Å². The molecule has 5 rings (SSSR count). The van der Waals surface area contributed by atoms with Gasteiger partial charge in [-0.2, -0.15) is 4.98 Å². The maximum atomic E-state index is 13.7. The van der Waals surface area contributed by atoms with E-state index < -0.39 is 5.41 Å². The molecule has 172 valence electrons. The molecule has 2 aromatic carbocycles. The Morgan fingerprint density at radius 2 is 1.67 bits per heavy atom. The van der Waals surface area contributed by atoms with Gasteiger partial charge in [0.15, 0.2) is 0 Å². The molecule has 8 heteroatoms. The van der Waals surface area contributed by atoms with Gasteiger partial charge in [-0.05, 0) is 42.7 Å². The number of carbonyl (C=O) groups is 1. The van der Waals surface area contributed by atoms with Gasteiger partial charge in [0.2, 0.25) is 17.6 Å². The zero-order valence-electron chi connectivity index (χ0n) is 18.5. The van der Waals surface area contributed by atoms with E-state index in [9.17, 15) is 4.79 Å². The fourth-order valence-corrected chi connectivity index (χ4v) is 4.87. The molecular weight excluding hydrogens is 440 g/mol. The number of benzene rings is 2. The topological polar surface area (TPSA) is 71.7 Å². The van der Waals surface area contributed by atoms with Crippen molar-refractivity contribution in [3.05, 3.63) is 71.1 Å². The molecular formula is C25H27ClN4O3. The lowest BCUT2D eigenvalue weighted by Crippen LogP contribution is -2.55. The maximum Gasteiger partial charge on any atom is 0.241 e. The zero-order valence-corrected chi connectivity index (χ0v) is 19.2. The van der Waals surface area contributed by atoms with E-state index in [1.54, 1.807) is 0 Å². The summed E-state index contributed by atoms with van der Waals surface area (Å²) in [7, 11) is 0. The molecule has 3 aromatic rings. The van der Waals surface area contributed by atoms with Crippen LogP contribution in [0.25, 0.3) is 11.4 Å². The molecule has 1 aromatic heterocycles. The normalized spacial score (nSPS) is 18.9. The standard InChI is InChI=1S/C25H27ClN4O3/c26-21-8-6-19(7-9-21)23-27-22(33-28-23)18-29-12-14-30(15-13-29)24(31)25(10-16-32-17-11-25)20-4-2-1-3-5-20/h1-9H,10-18H2. The molecule has 0 aliphatic carbocycles. The van der Waals surface area contributed by atoms with Gasteiger partial charge in [0.25, 0.3) is 0 Å². The van der Waals surface area contributed by atoms with Crippen LogP contribution in [0.5, 0.6) is 0 Å². The minimum atomic E-state index is -0.484. The number of halogens is 1. The number of piperazine rings is 1. The molecule has 2 saturated heterocycles. The quantitative estimate of drug-likeness (QED) is 0.569. The third kappa shape index (κ3) is 4.67. The van der Waals surface area contributed by atoms with Crippen LogP contribution < -0.4 is 0 Å². The number of rotatable bonds is 5. The molecule has 0 N–H and O–H groups in total. The number of hydrogen-bond acceptors (Lipinski definition) is 6. The van der Waals surface area contributed by atoms with E-state index in [4.69, 9.17) is 20.9 Å². The second-order valence-electron chi connectivity index (χ2n) is 8.65. The molecule has 0 spiro atoms. The van der Waals surface area contributed by atoms with Crippen LogP contribution in [0.15, 0.2) is 59.1 Å². The fourth-order valence-electron chi connectivity index (χ4n) is 4.74. The van der Waals surface area contributed by atoms with Crippen molar-refractivity contribution >= 4 is 17.5 Å². The van der Waals surface area contributed by atoms with Crippen molar-refractivity contribution in [3.63, 3.8) is 0 Å². The Hall–Kier alpha value is -2.74. The summed E-state index contributed by atoms with van der Waals surface area (Å²) in [6, 6.07) is 17.5. The molecule has 1 amide bonds. The van der Waals surface area contributed by atoms with Gasteiger partial charge in [0, 0.05) is 50.0 Å². The molecule has 0 bridgehead atoms. The summed E-state index contributed by atoms with van der Waals surface area (Å²) in [4.78, 5) is 22.5. The van der Waals surface area contributed by atoms with Crippen LogP contribution in [-0.4, -0.2) is 65.2 Å². The van der Waals surface area contributed by atoms with Crippen LogP contribution in [0.1, 0.15) is 24.3 Å². The van der Waals surface area contributed by atoms with Crippen LogP contribution in [0.3, 0.4) is 0 Å². The minimum Gasteiger partial charge on any atom is -0.381 e. The van der Waals surface area contributed by atoms with E-state index in [0.29, 0.717) is 49.6 Å². The summed E-state index contributed by atoms with van der Waals surface area (Å²) >= 11 is 5.96. The van der Waals surface area contributed by atoms with E-state index in [1.807, 2.05) is 47.4 Å². The van der Waals surface area contributed by atoms with E-state index in [0.717, 1.165) is 37.1 Å². The highest BCUT2D eigenvalue weighted by molar-refractivity contribution is 6.30. The van der Waals surface area contributed by atoms with Crippen LogP contribution in [0.4, 0.5) is 0 Å². The molecule has 0 radical (unpaired) electrons. The average Bonchev–Trinajstić information content (AvgIpc) is 3.34. The molecule has 2 fully saturated rings. The van der Waals surface area contributed by atoms with Crippen LogP contribution in [0.2, 0.25) is 5.02 Å². The van der Waals surface area contributed by atoms with Crippen molar-refractivity contribution < 1.29 is 14.1 Å². The summed E-state index contributed by atoms with van der Waals surface area (Å²) in [5.74, 6) is 1.35. The summed E-state index contributed by atoms with van der Waals surface area (Å²) in [5.41, 5.74) is 1.48. The largest absolute Gasteiger partial charge is 0.381 e. The first kappa shape index (κ1) is 22.1. The molecule has 0 atom stereocenters. The monoisotopic (exact) mass is 466 g/mol. The van der Waals surface area contributed by atoms with Crippen LogP contribution in [-0.2, 0) is 21.5 Å². The Balaban J connectivity index is 1.22. The molecule has 0 saturated carbocycles. The lowest BCUT2D eigenvalue weighted by Gasteiger charge is -2.43. The molecule has 3 heterocycles. The predicted molar refractivity (Wildman–Crippen MR) is 125 cm³/mol. The summed E-state index contributed by atoms with van der Waals surface area (Å²) in [5, 5.41) is 4.77. The molecule has 0 unspecified atom stereocenters. The molecule has 7 nitrogen and oxygen atoms in total. The Morgan fingerprint density at radius 3 is 2.36 bits per heavy atom. The maximum absolute atomic E-state index is 13.7. The average molecular weight is 467 g/mol.